The van der Waals surface area contributed by atoms with Crippen LogP contribution in [0.4, 0.5) is 10.6 Å². The molecule has 8 heteroatoms. The third-order valence-electron chi connectivity index (χ3n) is 4.29. The van der Waals surface area contributed by atoms with Gasteiger partial charge in [0.05, 0.1) is 5.56 Å². The number of nitrogens with zero attached hydrogens (tertiary/aromatic N) is 3. The van der Waals surface area contributed by atoms with Crippen molar-refractivity contribution in [3.63, 3.8) is 0 Å². The van der Waals surface area contributed by atoms with E-state index in [4.69, 9.17) is 0 Å². The minimum Gasteiger partial charge on any atom is -0.465 e. The highest BCUT2D eigenvalue weighted by molar-refractivity contribution is 7.98. The second-order valence-electron chi connectivity index (χ2n) is 7.00. The summed E-state index contributed by atoms with van der Waals surface area (Å²) in [7, 11) is 0. The molecular formula is C16H24N4O3S. The van der Waals surface area contributed by atoms with Gasteiger partial charge in [0.25, 0.3) is 0 Å². The highest BCUT2D eigenvalue weighted by Crippen LogP contribution is 2.33. The molecule has 0 bridgehead atoms. The summed E-state index contributed by atoms with van der Waals surface area (Å²) < 4.78 is 0. The first-order valence-corrected chi connectivity index (χ1v) is 9.11. The van der Waals surface area contributed by atoms with Crippen LogP contribution in [0.2, 0.25) is 0 Å². The van der Waals surface area contributed by atoms with Crippen LogP contribution in [0.25, 0.3) is 0 Å². The van der Waals surface area contributed by atoms with Gasteiger partial charge >= 0.3 is 6.09 Å². The number of aldehydes is 1. The minimum atomic E-state index is -0.881. The van der Waals surface area contributed by atoms with Gasteiger partial charge in [-0.1, -0.05) is 32.5 Å². The minimum absolute atomic E-state index is 0.0631. The molecule has 0 spiro atoms. The van der Waals surface area contributed by atoms with Gasteiger partial charge in [-0.2, -0.15) is 0 Å². The van der Waals surface area contributed by atoms with Gasteiger partial charge in [0.1, 0.15) is 5.82 Å². The number of carbonyl (C=O) groups excluding carboxylic acids is 1. The topological polar surface area (TPSA) is 95.4 Å². The number of amides is 1. The fourth-order valence-electron chi connectivity index (χ4n) is 3.01. The van der Waals surface area contributed by atoms with Crippen molar-refractivity contribution in [2.24, 2.45) is 5.41 Å². The summed E-state index contributed by atoms with van der Waals surface area (Å²) in [5, 5.41) is 13.4. The summed E-state index contributed by atoms with van der Waals surface area (Å²) in [6.45, 7) is 6.60. The zero-order chi connectivity index (χ0) is 17.9. The highest BCUT2D eigenvalue weighted by atomic mass is 32.2. The van der Waals surface area contributed by atoms with Crippen LogP contribution in [0.15, 0.2) is 11.4 Å². The van der Waals surface area contributed by atoms with Crippen molar-refractivity contribution in [3.8, 4) is 0 Å². The number of aromatic nitrogens is 2. The van der Waals surface area contributed by atoms with Gasteiger partial charge < -0.3 is 15.3 Å². The molecule has 2 rings (SSSR count). The molecule has 0 saturated carbocycles. The fourth-order valence-corrected chi connectivity index (χ4v) is 3.36. The summed E-state index contributed by atoms with van der Waals surface area (Å²) in [5.74, 6) is 0.519. The summed E-state index contributed by atoms with van der Waals surface area (Å²) in [5.41, 5.74) is 0.253. The van der Waals surface area contributed by atoms with E-state index in [-0.39, 0.29) is 17.5 Å². The van der Waals surface area contributed by atoms with Crippen molar-refractivity contribution in [2.75, 3.05) is 18.1 Å². The zero-order valence-corrected chi connectivity index (χ0v) is 15.3. The molecule has 2 unspecified atom stereocenters. The molecule has 0 aromatic carbocycles. The molecule has 2 N–H and O–H groups in total. The summed E-state index contributed by atoms with van der Waals surface area (Å²) in [6.07, 6.45) is 4.60. The van der Waals surface area contributed by atoms with Crippen LogP contribution in [0.1, 0.15) is 44.0 Å². The van der Waals surface area contributed by atoms with Crippen LogP contribution in [-0.4, -0.2) is 57.2 Å². The molecule has 2 heterocycles. The zero-order valence-electron chi connectivity index (χ0n) is 14.4. The number of hydrogen-bond donors (Lipinski definition) is 2. The lowest BCUT2D eigenvalue weighted by Crippen LogP contribution is -2.54. The van der Waals surface area contributed by atoms with Gasteiger partial charge in [0, 0.05) is 24.8 Å². The third-order valence-corrected chi connectivity index (χ3v) is 4.86. The molecule has 1 fully saturated rings. The third kappa shape index (κ3) is 4.17. The normalized spacial score (nSPS) is 21.4. The molecule has 7 nitrogen and oxygen atoms in total. The quantitative estimate of drug-likeness (QED) is 0.488. The lowest BCUT2D eigenvalue weighted by Gasteiger charge is -2.44. The van der Waals surface area contributed by atoms with E-state index in [2.05, 4.69) is 15.3 Å². The largest absolute Gasteiger partial charge is 0.465 e. The maximum Gasteiger partial charge on any atom is 0.407 e. The van der Waals surface area contributed by atoms with E-state index < -0.39 is 6.09 Å². The SMILES string of the molecule is CSc1ncc(C=O)c(NC2CCN(C(=O)O)C(C(C)(C)C)C2)n1. The Morgan fingerprint density at radius 3 is 2.75 bits per heavy atom. The van der Waals surface area contributed by atoms with E-state index in [0.29, 0.717) is 35.9 Å². The molecular weight excluding hydrogens is 328 g/mol. The van der Waals surface area contributed by atoms with Crippen molar-refractivity contribution in [1.82, 2.24) is 14.9 Å². The number of likely N-dealkylation sites (tertiary alicyclic amines) is 1. The van der Waals surface area contributed by atoms with Gasteiger partial charge in [0.15, 0.2) is 11.4 Å². The van der Waals surface area contributed by atoms with Gasteiger partial charge in [-0.25, -0.2) is 14.8 Å². The van der Waals surface area contributed by atoms with Crippen molar-refractivity contribution in [2.45, 2.75) is 50.9 Å². The molecule has 0 aliphatic carbocycles. The summed E-state index contributed by atoms with van der Waals surface area (Å²) >= 11 is 1.41. The maximum absolute atomic E-state index is 11.5. The number of nitrogens with one attached hydrogen (secondary N) is 1. The molecule has 24 heavy (non-hydrogen) atoms. The molecule has 1 aliphatic rings. The average molecular weight is 352 g/mol. The number of anilines is 1. The molecule has 1 saturated heterocycles. The van der Waals surface area contributed by atoms with Crippen LogP contribution < -0.4 is 5.32 Å². The van der Waals surface area contributed by atoms with E-state index >= 15 is 0 Å². The maximum atomic E-state index is 11.5. The summed E-state index contributed by atoms with van der Waals surface area (Å²) in [6, 6.07) is -0.0316. The van der Waals surface area contributed by atoms with Crippen molar-refractivity contribution in [3.05, 3.63) is 11.8 Å². The van der Waals surface area contributed by atoms with E-state index in [9.17, 15) is 14.7 Å². The molecule has 132 valence electrons. The van der Waals surface area contributed by atoms with Crippen LogP contribution in [0.5, 0.6) is 0 Å². The number of hydrogen-bond acceptors (Lipinski definition) is 6. The van der Waals surface area contributed by atoms with E-state index in [0.717, 1.165) is 6.29 Å². The Morgan fingerprint density at radius 1 is 1.50 bits per heavy atom. The Kier molecular flexibility index (Phi) is 5.69. The predicted octanol–water partition coefficient (Wildman–Crippen LogP) is 2.98. The van der Waals surface area contributed by atoms with E-state index in [1.165, 1.54) is 22.9 Å². The first-order chi connectivity index (χ1) is 11.3. The number of carbonyl (C=O) groups is 2. The van der Waals surface area contributed by atoms with Crippen molar-refractivity contribution >= 4 is 30.0 Å². The van der Waals surface area contributed by atoms with Crippen LogP contribution in [-0.2, 0) is 0 Å². The lowest BCUT2D eigenvalue weighted by atomic mass is 9.79. The summed E-state index contributed by atoms with van der Waals surface area (Å²) in [4.78, 5) is 32.7. The van der Waals surface area contributed by atoms with Crippen LogP contribution in [0, 0.1) is 5.41 Å². The smallest absolute Gasteiger partial charge is 0.407 e. The van der Waals surface area contributed by atoms with Gasteiger partial charge in [-0.15, -0.1) is 0 Å². The second kappa shape index (κ2) is 7.38. The molecule has 0 radical (unpaired) electrons. The number of rotatable bonds is 4. The van der Waals surface area contributed by atoms with Gasteiger partial charge in [-0.3, -0.25) is 4.79 Å². The average Bonchev–Trinajstić information content (AvgIpc) is 2.53. The van der Waals surface area contributed by atoms with Crippen LogP contribution in [0.3, 0.4) is 0 Å². The van der Waals surface area contributed by atoms with E-state index in [1.807, 2.05) is 27.0 Å². The molecule has 1 aliphatic heterocycles. The molecule has 1 amide bonds. The van der Waals surface area contributed by atoms with Crippen molar-refractivity contribution < 1.29 is 14.7 Å². The monoisotopic (exact) mass is 352 g/mol. The molecule has 2 atom stereocenters. The highest BCUT2D eigenvalue weighted by Gasteiger charge is 2.38. The Bertz CT molecular complexity index is 618. The Balaban J connectivity index is 2.19. The first-order valence-electron chi connectivity index (χ1n) is 7.88. The first kappa shape index (κ1) is 18.5. The Hall–Kier alpha value is -1.83. The lowest BCUT2D eigenvalue weighted by molar-refractivity contribution is 0.0557. The second-order valence-corrected chi connectivity index (χ2v) is 7.78. The van der Waals surface area contributed by atoms with Gasteiger partial charge in [-0.05, 0) is 24.5 Å². The van der Waals surface area contributed by atoms with E-state index in [1.54, 1.807) is 0 Å². The Morgan fingerprint density at radius 2 is 2.21 bits per heavy atom. The molecule has 1 aromatic rings. The number of piperidine rings is 1. The molecule has 1 aromatic heterocycles. The predicted molar refractivity (Wildman–Crippen MR) is 93.8 cm³/mol. The van der Waals surface area contributed by atoms with Crippen LogP contribution >= 0.6 is 11.8 Å². The van der Waals surface area contributed by atoms with Crippen molar-refractivity contribution in [1.29, 1.82) is 0 Å². The number of thioether (sulfide) groups is 1. The van der Waals surface area contributed by atoms with Gasteiger partial charge in [0.2, 0.25) is 0 Å². The fraction of sp³-hybridized carbons (Fsp3) is 0.625. The standard InChI is InChI=1S/C16H24N4O3S/c1-16(2,3)12-7-11(5-6-20(12)15(22)23)18-13-10(9-21)8-17-14(19-13)24-4/h8-9,11-12H,5-7H2,1-4H3,(H,22,23)(H,17,18,19). The number of carboxylic acid groups (broad SMARTS) is 1. The Labute approximate surface area is 146 Å².